The molecule has 0 aromatic heterocycles. The van der Waals surface area contributed by atoms with Crippen molar-refractivity contribution in [2.24, 2.45) is 0 Å². The standard InChI is InChI=1S/C13H14BrNO5S/c1-6(16)15-9(13(18)19)5-21-12(15)7-3-8(14)11(17)10(4-7)20-2/h3-4,9,12,17H,5H2,1-2H3,(H,18,19)/t9-,12+/m0/s1. The molecule has 114 valence electrons. The van der Waals surface area contributed by atoms with Crippen molar-refractivity contribution < 1.29 is 24.5 Å². The van der Waals surface area contributed by atoms with Crippen molar-refractivity contribution in [2.45, 2.75) is 18.3 Å². The zero-order valence-corrected chi connectivity index (χ0v) is 13.8. The Labute approximate surface area is 134 Å². The van der Waals surface area contributed by atoms with Gasteiger partial charge >= 0.3 is 5.97 Å². The van der Waals surface area contributed by atoms with Crippen LogP contribution in [-0.4, -0.2) is 45.9 Å². The zero-order valence-electron chi connectivity index (χ0n) is 11.4. The summed E-state index contributed by atoms with van der Waals surface area (Å²) in [5.74, 6) is -0.776. The smallest absolute Gasteiger partial charge is 0.327 e. The Morgan fingerprint density at radius 3 is 2.67 bits per heavy atom. The molecular formula is C13H14BrNO5S. The summed E-state index contributed by atoms with van der Waals surface area (Å²) < 4.78 is 5.52. The van der Waals surface area contributed by atoms with Crippen molar-refractivity contribution in [3.8, 4) is 11.5 Å². The van der Waals surface area contributed by atoms with Crippen LogP contribution < -0.4 is 4.74 Å². The van der Waals surface area contributed by atoms with E-state index in [1.54, 1.807) is 12.1 Å². The molecule has 1 aliphatic heterocycles. The summed E-state index contributed by atoms with van der Waals surface area (Å²) >= 11 is 4.60. The minimum atomic E-state index is -1.02. The summed E-state index contributed by atoms with van der Waals surface area (Å²) in [7, 11) is 1.43. The Hall–Kier alpha value is -1.41. The van der Waals surface area contributed by atoms with Gasteiger partial charge in [-0.25, -0.2) is 4.79 Å². The average Bonchev–Trinajstić information content (AvgIpc) is 2.86. The molecule has 1 amide bonds. The van der Waals surface area contributed by atoms with E-state index < -0.39 is 17.4 Å². The van der Waals surface area contributed by atoms with E-state index in [1.165, 1.54) is 30.7 Å². The molecule has 1 heterocycles. The monoisotopic (exact) mass is 375 g/mol. The lowest BCUT2D eigenvalue weighted by Gasteiger charge is -2.26. The molecule has 0 unspecified atom stereocenters. The predicted octanol–water partition coefficient (Wildman–Crippen LogP) is 2.21. The van der Waals surface area contributed by atoms with Gasteiger partial charge in [0.15, 0.2) is 11.5 Å². The number of carbonyl (C=O) groups is 2. The number of phenolic OH excluding ortho intramolecular Hbond substituents is 1. The first kappa shape index (κ1) is 16.0. The van der Waals surface area contributed by atoms with Gasteiger partial charge in [0.2, 0.25) is 5.91 Å². The number of nitrogens with zero attached hydrogens (tertiary/aromatic N) is 1. The first-order valence-corrected chi connectivity index (χ1v) is 7.90. The second-order valence-corrected chi connectivity index (χ2v) is 6.49. The van der Waals surface area contributed by atoms with E-state index in [1.807, 2.05) is 0 Å². The van der Waals surface area contributed by atoms with Crippen LogP contribution in [0.15, 0.2) is 16.6 Å². The van der Waals surface area contributed by atoms with E-state index >= 15 is 0 Å². The van der Waals surface area contributed by atoms with Crippen LogP contribution in [0, 0.1) is 0 Å². The number of amides is 1. The van der Waals surface area contributed by atoms with Crippen LogP contribution >= 0.6 is 27.7 Å². The van der Waals surface area contributed by atoms with Crippen molar-refractivity contribution in [3.63, 3.8) is 0 Å². The van der Waals surface area contributed by atoms with E-state index in [-0.39, 0.29) is 17.4 Å². The molecule has 0 aliphatic carbocycles. The number of ether oxygens (including phenoxy) is 1. The van der Waals surface area contributed by atoms with Gasteiger partial charge < -0.3 is 19.8 Å². The van der Waals surface area contributed by atoms with Crippen LogP contribution in [0.5, 0.6) is 11.5 Å². The normalized spacial score (nSPS) is 21.4. The number of carboxylic acids is 1. The van der Waals surface area contributed by atoms with E-state index in [2.05, 4.69) is 15.9 Å². The maximum absolute atomic E-state index is 11.8. The fourth-order valence-corrected chi connectivity index (χ4v) is 4.14. The van der Waals surface area contributed by atoms with Gasteiger partial charge in [-0.3, -0.25) is 4.79 Å². The maximum atomic E-state index is 11.8. The highest BCUT2D eigenvalue weighted by Gasteiger charge is 2.41. The summed E-state index contributed by atoms with van der Waals surface area (Å²) in [4.78, 5) is 24.4. The number of carboxylic acid groups (broad SMARTS) is 1. The highest BCUT2D eigenvalue weighted by Crippen LogP contribution is 2.45. The number of hydrogen-bond acceptors (Lipinski definition) is 5. The summed E-state index contributed by atoms with van der Waals surface area (Å²) in [5, 5.41) is 18.6. The van der Waals surface area contributed by atoms with Crippen molar-refractivity contribution in [1.82, 2.24) is 4.90 Å². The number of aromatic hydroxyl groups is 1. The first-order valence-electron chi connectivity index (χ1n) is 6.06. The van der Waals surface area contributed by atoms with Crippen molar-refractivity contribution >= 4 is 39.6 Å². The van der Waals surface area contributed by atoms with Crippen molar-refractivity contribution in [2.75, 3.05) is 12.9 Å². The van der Waals surface area contributed by atoms with Gasteiger partial charge in [0.25, 0.3) is 0 Å². The minimum absolute atomic E-state index is 0.0339. The molecule has 21 heavy (non-hydrogen) atoms. The molecule has 6 nitrogen and oxygen atoms in total. The summed E-state index contributed by atoms with van der Waals surface area (Å²) in [5.41, 5.74) is 0.695. The maximum Gasteiger partial charge on any atom is 0.327 e. The molecule has 0 spiro atoms. The third-order valence-corrected chi connectivity index (χ3v) is 5.13. The molecule has 1 saturated heterocycles. The Kier molecular flexibility index (Phi) is 4.67. The quantitative estimate of drug-likeness (QED) is 0.841. The number of rotatable bonds is 3. The second-order valence-electron chi connectivity index (χ2n) is 4.52. The summed E-state index contributed by atoms with van der Waals surface area (Å²) in [6, 6.07) is 2.42. The minimum Gasteiger partial charge on any atom is -0.503 e. The van der Waals surface area contributed by atoms with Crippen LogP contribution in [0.3, 0.4) is 0 Å². The lowest BCUT2D eigenvalue weighted by Crippen LogP contribution is -2.41. The number of aliphatic carboxylic acids is 1. The van der Waals surface area contributed by atoms with E-state index in [0.29, 0.717) is 15.8 Å². The number of phenols is 1. The molecule has 1 aromatic rings. The topological polar surface area (TPSA) is 87.1 Å². The van der Waals surface area contributed by atoms with Gasteiger partial charge in [-0.05, 0) is 33.6 Å². The Balaban J connectivity index is 2.44. The molecule has 0 saturated carbocycles. The molecule has 0 radical (unpaired) electrons. The van der Waals surface area contributed by atoms with Crippen molar-refractivity contribution in [1.29, 1.82) is 0 Å². The molecular weight excluding hydrogens is 362 g/mol. The number of carbonyl (C=O) groups excluding carboxylic acids is 1. The van der Waals surface area contributed by atoms with Gasteiger partial charge in [0.1, 0.15) is 11.4 Å². The Morgan fingerprint density at radius 2 is 2.14 bits per heavy atom. The average molecular weight is 376 g/mol. The lowest BCUT2D eigenvalue weighted by molar-refractivity contribution is -0.148. The third kappa shape index (κ3) is 2.96. The zero-order chi connectivity index (χ0) is 15.7. The Bertz CT molecular complexity index is 594. The second kappa shape index (κ2) is 6.15. The summed E-state index contributed by atoms with van der Waals surface area (Å²) in [6.45, 7) is 1.35. The number of benzene rings is 1. The number of hydrogen-bond donors (Lipinski definition) is 2. The predicted molar refractivity (Wildman–Crippen MR) is 81.5 cm³/mol. The van der Waals surface area contributed by atoms with Gasteiger partial charge in [-0.2, -0.15) is 0 Å². The van der Waals surface area contributed by atoms with Crippen LogP contribution in [0.25, 0.3) is 0 Å². The van der Waals surface area contributed by atoms with Crippen LogP contribution in [0.1, 0.15) is 17.9 Å². The van der Waals surface area contributed by atoms with Gasteiger partial charge in [0.05, 0.1) is 11.6 Å². The molecule has 2 atom stereocenters. The lowest BCUT2D eigenvalue weighted by atomic mass is 10.1. The largest absolute Gasteiger partial charge is 0.503 e. The molecule has 2 rings (SSSR count). The number of thioether (sulfide) groups is 1. The first-order chi connectivity index (χ1) is 9.86. The van der Waals surface area contributed by atoms with Gasteiger partial charge in [0, 0.05) is 12.7 Å². The summed E-state index contributed by atoms with van der Waals surface area (Å²) in [6.07, 6.45) is 0. The number of methoxy groups -OCH3 is 1. The fourth-order valence-electron chi connectivity index (χ4n) is 2.23. The van der Waals surface area contributed by atoms with E-state index in [4.69, 9.17) is 4.74 Å². The SMILES string of the molecule is COc1cc([C@H]2SC[C@@H](C(=O)O)N2C(C)=O)cc(Br)c1O. The third-order valence-electron chi connectivity index (χ3n) is 3.20. The van der Waals surface area contributed by atoms with Gasteiger partial charge in [-0.15, -0.1) is 11.8 Å². The highest BCUT2D eigenvalue weighted by molar-refractivity contribution is 9.10. The molecule has 1 aromatic carbocycles. The molecule has 0 bridgehead atoms. The van der Waals surface area contributed by atoms with E-state index in [0.717, 1.165) is 0 Å². The fraction of sp³-hybridized carbons (Fsp3) is 0.385. The van der Waals surface area contributed by atoms with E-state index in [9.17, 15) is 19.8 Å². The highest BCUT2D eigenvalue weighted by atomic mass is 79.9. The molecule has 1 aliphatic rings. The van der Waals surface area contributed by atoms with Crippen LogP contribution in [0.2, 0.25) is 0 Å². The molecule has 2 N–H and O–H groups in total. The van der Waals surface area contributed by atoms with Crippen molar-refractivity contribution in [3.05, 3.63) is 22.2 Å². The molecule has 8 heteroatoms. The number of halogens is 1. The van der Waals surface area contributed by atoms with Gasteiger partial charge in [-0.1, -0.05) is 0 Å². The van der Waals surface area contributed by atoms with Crippen LogP contribution in [0.4, 0.5) is 0 Å². The van der Waals surface area contributed by atoms with Crippen LogP contribution in [-0.2, 0) is 9.59 Å². The Morgan fingerprint density at radius 1 is 1.48 bits per heavy atom. The molecule has 1 fully saturated rings.